The lowest BCUT2D eigenvalue weighted by Crippen LogP contribution is -2.48. The highest BCUT2D eigenvalue weighted by Gasteiger charge is 2.55. The van der Waals surface area contributed by atoms with E-state index >= 15 is 0 Å². The predicted molar refractivity (Wildman–Crippen MR) is 533 cm³/mol. The van der Waals surface area contributed by atoms with E-state index in [4.69, 9.17) is 72.5 Å². The molecule has 0 aromatic heterocycles. The molecule has 7 N–H and O–H groups in total. The molecule has 0 unspecified atom stereocenters. The van der Waals surface area contributed by atoms with Crippen LogP contribution in [0.5, 0.6) is 46.0 Å². The number of aliphatic imine (C=N–C) groups is 1. The van der Waals surface area contributed by atoms with Gasteiger partial charge in [0.15, 0.2) is 29.0 Å². The Morgan fingerprint density at radius 3 is 1.17 bits per heavy atom. The Hall–Kier alpha value is -9.96. The maximum atomic E-state index is 13.3. The van der Waals surface area contributed by atoms with Crippen molar-refractivity contribution in [3.05, 3.63) is 190 Å². The van der Waals surface area contributed by atoms with Gasteiger partial charge in [0.2, 0.25) is 6.08 Å². The second kappa shape index (κ2) is 50.0. The van der Waals surface area contributed by atoms with E-state index < -0.39 is 89.2 Å². The van der Waals surface area contributed by atoms with Gasteiger partial charge in [-0.05, 0) is 277 Å². The topological polar surface area (TPSA) is 377 Å². The average Bonchev–Trinajstić information content (AvgIpc) is 1.56. The molecule has 6 aliphatic rings. The number of carbonyl (C=O) groups excluding carboxylic acids is 6. The van der Waals surface area contributed by atoms with Crippen molar-refractivity contribution in [2.45, 2.75) is 289 Å². The van der Waals surface area contributed by atoms with Crippen LogP contribution in [-0.2, 0) is 102 Å². The Labute approximate surface area is 817 Å². The number of rotatable bonds is 22. The monoisotopic (exact) mass is 1940 g/mol. The first kappa shape index (κ1) is 117. The van der Waals surface area contributed by atoms with Gasteiger partial charge in [0.25, 0.3) is 5.97 Å². The van der Waals surface area contributed by atoms with E-state index in [0.717, 1.165) is 96.9 Å². The van der Waals surface area contributed by atoms with Gasteiger partial charge >= 0.3 is 36.1 Å². The first-order valence-corrected chi connectivity index (χ1v) is 43.1. The molecule has 2 amide bonds. The number of hydrogen-bond acceptors (Lipinski definition) is 25. The third kappa shape index (κ3) is 36.0. The third-order valence-electron chi connectivity index (χ3n) is 20.7. The normalized spacial score (nSPS) is 19.1. The van der Waals surface area contributed by atoms with Crippen molar-refractivity contribution < 1.29 is 111 Å². The second-order valence-electron chi connectivity index (χ2n) is 38.9. The van der Waals surface area contributed by atoms with Crippen molar-refractivity contribution in [3.8, 4) is 46.0 Å². The summed E-state index contributed by atoms with van der Waals surface area (Å²) in [5.74, 6) is 1.85. The first-order chi connectivity index (χ1) is 59.6. The van der Waals surface area contributed by atoms with Crippen LogP contribution < -0.4 is 49.5 Å². The van der Waals surface area contributed by atoms with Crippen LogP contribution in [0.4, 0.5) is 9.59 Å². The highest BCUT2D eigenvalue weighted by Crippen LogP contribution is 2.58. The molecule has 0 fully saturated rings. The summed E-state index contributed by atoms with van der Waals surface area (Å²) in [5, 5.41) is 31.7. The first-order valence-electron chi connectivity index (χ1n) is 43.1. The minimum absolute atomic E-state index is 0. The van der Waals surface area contributed by atoms with E-state index in [9.17, 15) is 43.8 Å². The highest BCUT2D eigenvalue weighted by atomic mass is 35.5. The molecule has 0 radical (unpaired) electrons. The number of carbonyl (C=O) groups is 7. The Morgan fingerprint density at radius 1 is 0.489 bits per heavy atom. The van der Waals surface area contributed by atoms with Crippen molar-refractivity contribution in [1.82, 2.24) is 20.4 Å². The quantitative estimate of drug-likeness (QED) is 0.0121. The molecule has 2 aliphatic carbocycles. The number of alkyl carbamates (subject to hydrolysis) is 2. The Bertz CT molecular complexity index is 4940. The molecule has 2 spiro atoms. The average molecular weight is 1950 g/mol. The third-order valence-corrected chi connectivity index (χ3v) is 20.7. The van der Waals surface area contributed by atoms with Gasteiger partial charge in [-0.2, -0.15) is 59.0 Å². The summed E-state index contributed by atoms with van der Waals surface area (Å²) < 4.78 is 69.4. The van der Waals surface area contributed by atoms with Crippen molar-refractivity contribution in [1.29, 1.82) is 0 Å². The van der Waals surface area contributed by atoms with Crippen LogP contribution in [0.1, 0.15) is 202 Å². The number of phenolic OH excluding ortho intramolecular Hbond substituents is 1. The number of esters is 3. The van der Waals surface area contributed by atoms with E-state index in [1.807, 2.05) is 180 Å². The van der Waals surface area contributed by atoms with E-state index in [1.54, 1.807) is 67.9 Å². The summed E-state index contributed by atoms with van der Waals surface area (Å²) in [7, 11) is 7.51. The molecule has 0 bridgehead atoms. The molecule has 12 rings (SSSR count). The largest absolute Gasteiger partial charge is 0.508 e. The molecule has 736 valence electrons. The number of hydrogen-bond donors (Lipinski definition) is 6. The molecule has 4 aliphatic heterocycles. The number of methoxy groups -OCH3 is 2. The molecule has 29 nitrogen and oxygen atoms in total. The molecular weight excluding hydrogens is 1800 g/mol. The number of aromatic hydroxyl groups is 1. The maximum Gasteiger partial charge on any atom is 0.408 e. The smallest absolute Gasteiger partial charge is 0.408 e. The lowest BCUT2D eigenvalue weighted by molar-refractivity contribution is -0.158. The molecule has 6 aromatic carbocycles. The number of ether oxygens (including phenoxy) is 12. The van der Waals surface area contributed by atoms with Gasteiger partial charge in [0.1, 0.15) is 99.1 Å². The lowest BCUT2D eigenvalue weighted by atomic mass is 9.69. The maximum absolute atomic E-state index is 13.3. The van der Waals surface area contributed by atoms with Crippen molar-refractivity contribution in [3.63, 3.8) is 0 Å². The van der Waals surface area contributed by atoms with Gasteiger partial charge in [-0.15, -0.1) is 12.4 Å². The van der Waals surface area contributed by atoms with E-state index in [1.165, 1.54) is 34.9 Å². The minimum Gasteiger partial charge on any atom is -0.508 e. The van der Waals surface area contributed by atoms with Gasteiger partial charge in [0, 0.05) is 63.2 Å². The fourth-order valence-electron chi connectivity index (χ4n) is 15.5. The van der Waals surface area contributed by atoms with Crippen LogP contribution in [0.3, 0.4) is 0 Å². The van der Waals surface area contributed by atoms with E-state index in [-0.39, 0.29) is 137 Å². The van der Waals surface area contributed by atoms with E-state index in [0.29, 0.717) is 36.3 Å². The zero-order chi connectivity index (χ0) is 94.8. The molecule has 34 heteroatoms. The number of carboxylic acids is 2. The van der Waals surface area contributed by atoms with Crippen LogP contribution >= 0.6 is 66.4 Å². The van der Waals surface area contributed by atoms with Crippen LogP contribution in [0.15, 0.2) is 151 Å². The highest BCUT2D eigenvalue weighted by molar-refractivity contribution is 7.59. The number of amides is 2. The van der Waals surface area contributed by atoms with Gasteiger partial charge in [-0.1, -0.05) is 72.8 Å². The van der Waals surface area contributed by atoms with Crippen LogP contribution in [0.25, 0.3) is 0 Å². The summed E-state index contributed by atoms with van der Waals surface area (Å²) in [5.41, 5.74) is 10.7. The number of halogens is 1. The van der Waals surface area contributed by atoms with Gasteiger partial charge in [0.05, 0.1) is 25.0 Å². The van der Waals surface area contributed by atoms with Crippen molar-refractivity contribution in [2.75, 3.05) is 41.4 Å². The molecule has 6 aromatic rings. The Morgan fingerprint density at radius 2 is 0.820 bits per heavy atom. The fraction of sp³-hybridized carbons (Fsp3) is 0.515. The summed E-state index contributed by atoms with van der Waals surface area (Å²) in [4.78, 5) is 103. The van der Waals surface area contributed by atoms with Crippen molar-refractivity contribution in [2.24, 2.45) is 10.7 Å². The molecule has 0 saturated carbocycles. The number of nitrogens with one attached hydrogen (secondary N) is 2. The zero-order valence-corrected chi connectivity index (χ0v) is 85.6. The van der Waals surface area contributed by atoms with Crippen LogP contribution in [0.2, 0.25) is 0 Å². The minimum atomic E-state index is -1.17. The number of carboxylic acid groups (broad SMARTS) is 2. The molecule has 4 heterocycles. The number of benzene rings is 6. The number of phenols is 1. The Kier molecular flexibility index (Phi) is 44.1. The number of isocyanates is 1. The van der Waals surface area contributed by atoms with Crippen molar-refractivity contribution >= 4 is 115 Å². The summed E-state index contributed by atoms with van der Waals surface area (Å²) in [6.45, 7) is 38.6. The van der Waals surface area contributed by atoms with E-state index in [2.05, 4.69) is 63.8 Å². The van der Waals surface area contributed by atoms with Gasteiger partial charge in [-0.3, -0.25) is 9.59 Å². The van der Waals surface area contributed by atoms with Crippen LogP contribution in [-0.4, -0.2) is 197 Å². The van der Waals surface area contributed by atoms with Crippen LogP contribution in [0, 0.1) is 0 Å². The zero-order valence-electron chi connectivity index (χ0n) is 80.8. The summed E-state index contributed by atoms with van der Waals surface area (Å²) >= 11 is 0. The number of nitrogens with zero attached hydrogens (tertiary/aromatic N) is 3. The summed E-state index contributed by atoms with van der Waals surface area (Å²) in [6.07, 6.45) is 10.2. The van der Waals surface area contributed by atoms with Gasteiger partial charge in [-0.25, -0.2) is 28.8 Å². The molecular formula is C99H141ClN6O23S4. The molecule has 0 saturated heterocycles. The number of aliphatic carboxylic acids is 2. The second-order valence-corrected chi connectivity index (χ2v) is 38.9. The Balaban J connectivity index is 0.000000463. The van der Waals surface area contributed by atoms with Gasteiger partial charge < -0.3 is 98.3 Å². The fourth-order valence-corrected chi connectivity index (χ4v) is 15.5. The standard InChI is InChI=1S/C35H46N2O7.C27H30N2O7.C18H25NO4.C17H27NO3.C2H4O2.ClH.4H2S/c1-33(2,3)43-24-12-9-22(10-13-24)19-26(31(38)44-34(4,5)6)36-32(39)41-25-15-16-35-17-18-37(7)21-23-11-14-27(40-8)30(29(23)35)42-28(35)20-25;1-29-12-11-27-10-9-19(14-22(27)36-24-21(34-2)8-5-17(15-29)23(24)27)35-26(33)28-20(25(31)32)13-16-3-6-18(30)7-4-16;1-17(2,3)22-14-9-7-13(8-10-14)11-15(19-12-20)16(21)23-18(4,5)6;1-16(2,3)20-13-9-7-12(8-10-13)11-14(18)15(19)21-17(4,5)6;1-2(3)4;;;;;/h9-16,25-26,28H,17-21H2,1-8H3,(H,36,39);3-10,19-20,22,30H,11-15H2,1-2H3,(H,28,33)(H,31,32);7-10,15H,11H2,1-6H3;7-10,14H,11,18H2,1-6H3;1H3,(H,3,4);1H;4*1H2/t25-,26+,28-,35-;19-,20+,22-,27-;15-;14-;;;;;;/m0000....../s1. The molecule has 133 heavy (non-hydrogen) atoms. The predicted octanol–water partition coefficient (Wildman–Crippen LogP) is 16.2. The summed E-state index contributed by atoms with van der Waals surface area (Å²) in [6, 6.07) is 33.1. The SMILES string of the molecule is CC(=O)O.CC(C)(C)OC(=O)[C@@H](N)Cc1ccc(OC(C)(C)C)cc1.CC(C)(C)OC(=O)[C@H](Cc1ccc(OC(C)(C)C)cc1)N=C=O.COc1ccc2c3c1O[C@H]1C[C@@H](OC(=O)N[C@H](Cc4ccc(O)cc4)C(=O)O)C=C[C@@]31CCN(C)C2.COc1ccc2c3c1O[C@H]1C[C@@H](OC(=O)N[C@H](Cc4ccc(OC(C)(C)C)cc4)C(=O)OC(C)(C)C)C=C[C@@]31CCN(C)C2.Cl.S.S.S.S. The lowest BCUT2D eigenvalue weighted by Gasteiger charge is -2.36. The number of nitrogens with two attached hydrogens (primary N) is 1. The molecule has 10 atom stereocenters.